The van der Waals surface area contributed by atoms with Gasteiger partial charge in [-0.25, -0.2) is 8.42 Å². The molecule has 0 atom stereocenters. The summed E-state index contributed by atoms with van der Waals surface area (Å²) < 4.78 is 38.4. The quantitative estimate of drug-likeness (QED) is 0.374. The molecule has 33 heavy (non-hydrogen) atoms. The maximum atomic E-state index is 12.8. The number of hydrogen-bond acceptors (Lipinski definition) is 7. The largest absolute Gasteiger partial charge is 0.497 e. The lowest BCUT2D eigenvalue weighted by Gasteiger charge is -2.13. The van der Waals surface area contributed by atoms with Gasteiger partial charge in [-0.1, -0.05) is 0 Å². The number of nitrogens with zero attached hydrogens (tertiary/aromatic N) is 1. The van der Waals surface area contributed by atoms with E-state index in [1.54, 1.807) is 19.1 Å². The Morgan fingerprint density at radius 1 is 0.970 bits per heavy atom. The first kappa shape index (κ1) is 23.5. The Morgan fingerprint density at radius 2 is 1.67 bits per heavy atom. The average molecular weight is 471 g/mol. The number of carbonyl (C=O) groups is 1. The van der Waals surface area contributed by atoms with E-state index in [1.807, 2.05) is 0 Å². The van der Waals surface area contributed by atoms with Gasteiger partial charge < -0.3 is 14.8 Å². The van der Waals surface area contributed by atoms with Crippen LogP contribution in [0.1, 0.15) is 15.9 Å². The molecule has 10 nitrogen and oxygen atoms in total. The van der Waals surface area contributed by atoms with E-state index in [-0.39, 0.29) is 21.8 Å². The van der Waals surface area contributed by atoms with E-state index in [1.165, 1.54) is 62.8 Å². The third kappa shape index (κ3) is 5.39. The highest BCUT2D eigenvalue weighted by Gasteiger charge is 2.18. The number of hydrogen-bond donors (Lipinski definition) is 2. The third-order valence-corrected chi connectivity index (χ3v) is 6.11. The zero-order chi connectivity index (χ0) is 24.2. The van der Waals surface area contributed by atoms with Crippen molar-refractivity contribution in [3.05, 3.63) is 81.9 Å². The molecule has 0 saturated heterocycles. The van der Waals surface area contributed by atoms with Crippen LogP contribution in [-0.2, 0) is 10.0 Å². The fourth-order valence-corrected chi connectivity index (χ4v) is 4.08. The molecule has 0 spiro atoms. The summed E-state index contributed by atoms with van der Waals surface area (Å²) in [5.41, 5.74) is 1.08. The van der Waals surface area contributed by atoms with Gasteiger partial charge in [0.15, 0.2) is 0 Å². The van der Waals surface area contributed by atoms with E-state index in [9.17, 15) is 23.3 Å². The van der Waals surface area contributed by atoms with Crippen molar-refractivity contribution in [1.29, 1.82) is 0 Å². The van der Waals surface area contributed by atoms with Crippen molar-refractivity contribution in [2.45, 2.75) is 11.8 Å². The summed E-state index contributed by atoms with van der Waals surface area (Å²) in [5, 5.41) is 13.6. The van der Waals surface area contributed by atoms with Crippen LogP contribution in [0.15, 0.2) is 65.6 Å². The Bertz CT molecular complexity index is 1310. The summed E-state index contributed by atoms with van der Waals surface area (Å²) in [4.78, 5) is 22.8. The number of nitrogens with one attached hydrogen (secondary N) is 2. The highest BCUT2D eigenvalue weighted by molar-refractivity contribution is 7.92. The molecule has 0 radical (unpaired) electrons. The molecule has 0 unspecified atom stereocenters. The number of carbonyl (C=O) groups excluding carboxylic acids is 1. The number of nitro benzene ring substituents is 1. The lowest BCUT2D eigenvalue weighted by Crippen LogP contribution is -2.15. The van der Waals surface area contributed by atoms with Crippen molar-refractivity contribution < 1.29 is 27.6 Å². The van der Waals surface area contributed by atoms with Crippen LogP contribution in [0.5, 0.6) is 11.5 Å². The number of aryl methyl sites for hydroxylation is 1. The summed E-state index contributed by atoms with van der Waals surface area (Å²) >= 11 is 0. The van der Waals surface area contributed by atoms with Crippen molar-refractivity contribution in [3.8, 4) is 11.5 Å². The second-order valence-electron chi connectivity index (χ2n) is 6.91. The van der Waals surface area contributed by atoms with Gasteiger partial charge in [-0.15, -0.1) is 0 Å². The number of amides is 1. The number of methoxy groups -OCH3 is 2. The lowest BCUT2D eigenvalue weighted by molar-refractivity contribution is -0.385. The highest BCUT2D eigenvalue weighted by Crippen LogP contribution is 2.31. The molecule has 2 N–H and O–H groups in total. The van der Waals surface area contributed by atoms with E-state index >= 15 is 0 Å². The van der Waals surface area contributed by atoms with Crippen LogP contribution in [0.3, 0.4) is 0 Å². The second kappa shape index (κ2) is 9.57. The summed E-state index contributed by atoms with van der Waals surface area (Å²) in [7, 11) is -1.07. The molecule has 0 heterocycles. The third-order valence-electron chi connectivity index (χ3n) is 4.73. The van der Waals surface area contributed by atoms with Gasteiger partial charge in [-0.2, -0.15) is 0 Å². The monoisotopic (exact) mass is 471 g/mol. The van der Waals surface area contributed by atoms with Crippen LogP contribution in [-0.4, -0.2) is 33.5 Å². The number of anilines is 2. The van der Waals surface area contributed by atoms with Gasteiger partial charge in [0.25, 0.3) is 21.6 Å². The molecule has 11 heteroatoms. The van der Waals surface area contributed by atoms with Gasteiger partial charge in [0.2, 0.25) is 0 Å². The number of nitro groups is 1. The first-order chi connectivity index (χ1) is 15.6. The maximum Gasteiger partial charge on any atom is 0.272 e. The van der Waals surface area contributed by atoms with Crippen LogP contribution in [0, 0.1) is 17.0 Å². The number of sulfonamides is 1. The molecular formula is C22H21N3O7S. The SMILES string of the molecule is COc1ccc(OC)c(NS(=O)(=O)c2ccc(NC(=O)c3ccc([N+](=O)[O-])c(C)c3)cc2)c1. The Kier molecular flexibility index (Phi) is 6.83. The molecule has 172 valence electrons. The van der Waals surface area contributed by atoms with Crippen LogP contribution in [0.2, 0.25) is 0 Å². The summed E-state index contributed by atoms with van der Waals surface area (Å²) in [6, 6.07) is 14.3. The first-order valence-electron chi connectivity index (χ1n) is 9.56. The Hall–Kier alpha value is -4.12. The van der Waals surface area contributed by atoms with Crippen LogP contribution >= 0.6 is 0 Å². The number of rotatable bonds is 8. The molecule has 0 bridgehead atoms. The Balaban J connectivity index is 1.76. The van der Waals surface area contributed by atoms with E-state index in [2.05, 4.69) is 10.0 Å². The summed E-state index contributed by atoms with van der Waals surface area (Å²) in [5.74, 6) is 0.289. The van der Waals surface area contributed by atoms with Crippen LogP contribution in [0.4, 0.5) is 17.1 Å². The summed E-state index contributed by atoms with van der Waals surface area (Å²) in [6.45, 7) is 1.54. The first-order valence-corrected chi connectivity index (χ1v) is 11.0. The standard InChI is InChI=1S/C22H21N3O7S/c1-14-12-15(4-10-20(14)25(27)28)22(26)23-16-5-8-18(9-6-16)33(29,30)24-19-13-17(31-2)7-11-21(19)32-3/h4-13,24H,1-3H3,(H,23,26). The van der Waals surface area contributed by atoms with Crippen molar-refractivity contribution in [1.82, 2.24) is 0 Å². The fraction of sp³-hybridized carbons (Fsp3) is 0.136. The molecule has 3 rings (SSSR count). The predicted molar refractivity (Wildman–Crippen MR) is 123 cm³/mol. The predicted octanol–water partition coefficient (Wildman–Crippen LogP) is 3.97. The zero-order valence-electron chi connectivity index (χ0n) is 18.0. The fourth-order valence-electron chi connectivity index (χ4n) is 3.02. The zero-order valence-corrected chi connectivity index (χ0v) is 18.8. The maximum absolute atomic E-state index is 12.8. The van der Waals surface area contributed by atoms with E-state index in [4.69, 9.17) is 9.47 Å². The molecular weight excluding hydrogens is 450 g/mol. The number of ether oxygens (including phenoxy) is 2. The smallest absolute Gasteiger partial charge is 0.272 e. The normalized spacial score (nSPS) is 10.9. The molecule has 0 aliphatic rings. The van der Waals surface area contributed by atoms with Gasteiger partial charge in [0.1, 0.15) is 11.5 Å². The lowest BCUT2D eigenvalue weighted by atomic mass is 10.1. The minimum atomic E-state index is -3.95. The minimum absolute atomic E-state index is 0.0310. The topological polar surface area (TPSA) is 137 Å². The Labute approximate surface area is 190 Å². The van der Waals surface area contributed by atoms with Gasteiger partial charge >= 0.3 is 0 Å². The molecule has 0 fully saturated rings. The van der Waals surface area contributed by atoms with Gasteiger partial charge in [0.05, 0.1) is 29.7 Å². The second-order valence-corrected chi connectivity index (χ2v) is 8.59. The molecule has 0 saturated carbocycles. The van der Waals surface area contributed by atoms with Gasteiger partial charge in [-0.05, 0) is 55.5 Å². The molecule has 1 amide bonds. The highest BCUT2D eigenvalue weighted by atomic mass is 32.2. The van der Waals surface area contributed by atoms with Crippen molar-refractivity contribution in [3.63, 3.8) is 0 Å². The number of benzene rings is 3. The van der Waals surface area contributed by atoms with E-state index in [0.29, 0.717) is 22.7 Å². The average Bonchev–Trinajstić information content (AvgIpc) is 2.78. The molecule has 3 aromatic rings. The van der Waals surface area contributed by atoms with Crippen LogP contribution < -0.4 is 19.5 Å². The minimum Gasteiger partial charge on any atom is -0.497 e. The van der Waals surface area contributed by atoms with Crippen molar-refractivity contribution in [2.75, 3.05) is 24.3 Å². The van der Waals surface area contributed by atoms with Crippen molar-refractivity contribution >= 4 is 33.0 Å². The molecule has 3 aromatic carbocycles. The van der Waals surface area contributed by atoms with Gasteiger partial charge in [-0.3, -0.25) is 19.6 Å². The van der Waals surface area contributed by atoms with E-state index in [0.717, 1.165) is 0 Å². The Morgan fingerprint density at radius 3 is 2.24 bits per heavy atom. The molecule has 0 aromatic heterocycles. The molecule has 0 aliphatic carbocycles. The molecule has 0 aliphatic heterocycles. The van der Waals surface area contributed by atoms with Gasteiger partial charge in [0, 0.05) is 28.9 Å². The van der Waals surface area contributed by atoms with Crippen LogP contribution in [0.25, 0.3) is 0 Å². The van der Waals surface area contributed by atoms with Crippen molar-refractivity contribution in [2.24, 2.45) is 0 Å². The van der Waals surface area contributed by atoms with E-state index < -0.39 is 20.9 Å². The summed E-state index contributed by atoms with van der Waals surface area (Å²) in [6.07, 6.45) is 0.